The zero-order valence-corrected chi connectivity index (χ0v) is 15.5. The van der Waals surface area contributed by atoms with Crippen LogP contribution in [0.2, 0.25) is 0 Å². The molecule has 0 bridgehead atoms. The lowest BCUT2D eigenvalue weighted by Gasteiger charge is -2.19. The summed E-state index contributed by atoms with van der Waals surface area (Å²) in [6.07, 6.45) is 2.28. The molecule has 2 aromatic heterocycles. The van der Waals surface area contributed by atoms with Crippen LogP contribution in [0.5, 0.6) is 0 Å². The zero-order chi connectivity index (χ0) is 18.7. The Morgan fingerprint density at radius 1 is 1.35 bits per heavy atom. The van der Waals surface area contributed by atoms with E-state index in [4.69, 9.17) is 4.74 Å². The molecule has 0 radical (unpaired) electrons. The van der Waals surface area contributed by atoms with Gasteiger partial charge in [0.05, 0.1) is 0 Å². The predicted octanol–water partition coefficient (Wildman–Crippen LogP) is 2.90. The number of benzene rings is 1. The van der Waals surface area contributed by atoms with E-state index in [-0.39, 0.29) is 5.92 Å². The van der Waals surface area contributed by atoms with Gasteiger partial charge in [-0.1, -0.05) is 18.2 Å². The van der Waals surface area contributed by atoms with E-state index in [1.165, 1.54) is 0 Å². The summed E-state index contributed by atoms with van der Waals surface area (Å²) in [5, 5.41) is 18.2. The largest absolute Gasteiger partial charge is 0.444 e. The van der Waals surface area contributed by atoms with E-state index < -0.39 is 11.7 Å². The van der Waals surface area contributed by atoms with Gasteiger partial charge in [0, 0.05) is 29.6 Å². The average Bonchev–Trinajstić information content (AvgIpc) is 3.22. The maximum Gasteiger partial charge on any atom is 0.407 e. The molecule has 1 unspecified atom stereocenters. The minimum atomic E-state index is -0.495. The standard InChI is InChI=1S/C18H24N6O2/c1-11(16-21-23-24-22-16)12-5-6-15-14(9-12)13(10-20-15)7-8-19-17(25)26-18(2,3)4/h5-6,9-11,20H,7-8H2,1-4H3,(H,19,25)(H,21,22,23,24). The third kappa shape index (κ3) is 4.19. The van der Waals surface area contributed by atoms with Crippen LogP contribution in [-0.2, 0) is 11.2 Å². The van der Waals surface area contributed by atoms with Gasteiger partial charge in [0.2, 0.25) is 0 Å². The van der Waals surface area contributed by atoms with Crippen LogP contribution >= 0.6 is 0 Å². The zero-order valence-electron chi connectivity index (χ0n) is 15.5. The molecular formula is C18H24N6O2. The fourth-order valence-electron chi connectivity index (χ4n) is 2.79. The number of rotatable bonds is 5. The SMILES string of the molecule is CC(c1ccc2[nH]cc(CCNC(=O)OC(C)(C)C)c2c1)c1nn[nH]n1. The molecule has 26 heavy (non-hydrogen) atoms. The molecule has 0 aliphatic heterocycles. The van der Waals surface area contributed by atoms with E-state index in [0.29, 0.717) is 18.8 Å². The first-order valence-electron chi connectivity index (χ1n) is 8.63. The minimum absolute atomic E-state index is 0.0424. The lowest BCUT2D eigenvalue weighted by molar-refractivity contribution is 0.0528. The number of hydrogen-bond donors (Lipinski definition) is 3. The van der Waals surface area contributed by atoms with Crippen molar-refractivity contribution in [2.75, 3.05) is 6.54 Å². The van der Waals surface area contributed by atoms with E-state index in [9.17, 15) is 4.79 Å². The number of carbonyl (C=O) groups excluding carboxylic acids is 1. The summed E-state index contributed by atoms with van der Waals surface area (Å²) in [6.45, 7) is 8.09. The summed E-state index contributed by atoms with van der Waals surface area (Å²) in [4.78, 5) is 15.0. The number of tetrazole rings is 1. The summed E-state index contributed by atoms with van der Waals surface area (Å²) < 4.78 is 5.26. The second kappa shape index (κ2) is 7.15. The lowest BCUT2D eigenvalue weighted by atomic mass is 9.98. The highest BCUT2D eigenvalue weighted by Gasteiger charge is 2.17. The van der Waals surface area contributed by atoms with E-state index in [1.807, 2.05) is 40.0 Å². The summed E-state index contributed by atoms with van der Waals surface area (Å²) in [7, 11) is 0. The number of hydrogen-bond acceptors (Lipinski definition) is 5. The van der Waals surface area contributed by atoms with Gasteiger partial charge in [0.1, 0.15) is 5.60 Å². The summed E-state index contributed by atoms with van der Waals surface area (Å²) in [5.41, 5.74) is 2.81. The molecule has 1 aromatic carbocycles. The molecule has 0 aliphatic rings. The Hall–Kier alpha value is -2.90. The average molecular weight is 356 g/mol. The van der Waals surface area contributed by atoms with Crippen molar-refractivity contribution in [2.24, 2.45) is 0 Å². The van der Waals surface area contributed by atoms with Crippen molar-refractivity contribution in [1.29, 1.82) is 0 Å². The summed E-state index contributed by atoms with van der Waals surface area (Å²) in [5.74, 6) is 0.703. The number of aromatic amines is 2. The first-order chi connectivity index (χ1) is 12.3. The van der Waals surface area contributed by atoms with Crippen molar-refractivity contribution >= 4 is 17.0 Å². The number of aromatic nitrogens is 5. The number of amides is 1. The third-order valence-electron chi connectivity index (χ3n) is 4.10. The molecule has 1 amide bonds. The molecule has 0 saturated carbocycles. The molecule has 0 spiro atoms. The molecule has 3 aromatic rings. The van der Waals surface area contributed by atoms with E-state index >= 15 is 0 Å². The monoisotopic (exact) mass is 356 g/mol. The second-order valence-corrected chi connectivity index (χ2v) is 7.29. The Kier molecular flexibility index (Phi) is 4.92. The van der Waals surface area contributed by atoms with E-state index in [2.05, 4.69) is 43.1 Å². The maximum atomic E-state index is 11.8. The summed E-state index contributed by atoms with van der Waals surface area (Å²) >= 11 is 0. The molecule has 3 rings (SSSR count). The number of nitrogens with one attached hydrogen (secondary N) is 3. The maximum absolute atomic E-state index is 11.8. The Balaban J connectivity index is 1.69. The number of H-pyrrole nitrogens is 2. The molecule has 8 heteroatoms. The quantitative estimate of drug-likeness (QED) is 0.651. The first kappa shape index (κ1) is 17.9. The molecule has 2 heterocycles. The van der Waals surface area contributed by atoms with Crippen molar-refractivity contribution in [3.05, 3.63) is 41.3 Å². The number of fused-ring (bicyclic) bond motifs is 1. The van der Waals surface area contributed by atoms with Gasteiger partial charge < -0.3 is 15.0 Å². The van der Waals surface area contributed by atoms with Crippen molar-refractivity contribution in [2.45, 2.75) is 45.6 Å². The fraction of sp³-hybridized carbons (Fsp3) is 0.444. The second-order valence-electron chi connectivity index (χ2n) is 7.29. The molecule has 3 N–H and O–H groups in total. The van der Waals surface area contributed by atoms with Gasteiger partial charge in [-0.15, -0.1) is 10.2 Å². The number of alkyl carbamates (subject to hydrolysis) is 1. The van der Waals surface area contributed by atoms with Crippen LogP contribution in [0.3, 0.4) is 0 Å². The van der Waals surface area contributed by atoms with Gasteiger partial charge >= 0.3 is 6.09 Å². The van der Waals surface area contributed by atoms with Crippen LogP contribution in [0, 0.1) is 0 Å². The molecular weight excluding hydrogens is 332 g/mol. The van der Waals surface area contributed by atoms with Crippen LogP contribution in [-0.4, -0.2) is 43.8 Å². The van der Waals surface area contributed by atoms with E-state index in [1.54, 1.807) is 0 Å². The molecule has 8 nitrogen and oxygen atoms in total. The Morgan fingerprint density at radius 2 is 2.15 bits per heavy atom. The van der Waals surface area contributed by atoms with Crippen molar-refractivity contribution in [1.82, 2.24) is 30.9 Å². The Morgan fingerprint density at radius 3 is 2.85 bits per heavy atom. The number of ether oxygens (including phenoxy) is 1. The van der Waals surface area contributed by atoms with Crippen LogP contribution in [0.15, 0.2) is 24.4 Å². The van der Waals surface area contributed by atoms with Crippen molar-refractivity contribution in [3.63, 3.8) is 0 Å². The lowest BCUT2D eigenvalue weighted by Crippen LogP contribution is -2.33. The van der Waals surface area contributed by atoms with Gasteiger partial charge in [-0.3, -0.25) is 0 Å². The van der Waals surface area contributed by atoms with Crippen LogP contribution in [0.1, 0.15) is 50.6 Å². The Bertz CT molecular complexity index is 879. The Labute approximate surface area is 151 Å². The first-order valence-corrected chi connectivity index (χ1v) is 8.63. The highest BCUT2D eigenvalue weighted by atomic mass is 16.6. The minimum Gasteiger partial charge on any atom is -0.444 e. The van der Waals surface area contributed by atoms with Gasteiger partial charge in [-0.2, -0.15) is 5.21 Å². The topological polar surface area (TPSA) is 109 Å². The highest BCUT2D eigenvalue weighted by Crippen LogP contribution is 2.26. The number of carbonyl (C=O) groups is 1. The molecule has 0 fully saturated rings. The van der Waals surface area contributed by atoms with Gasteiger partial charge in [-0.05, 0) is 50.5 Å². The van der Waals surface area contributed by atoms with Crippen LogP contribution in [0.25, 0.3) is 10.9 Å². The normalized spacial score (nSPS) is 12.9. The molecule has 1 atom stereocenters. The number of nitrogens with zero attached hydrogens (tertiary/aromatic N) is 3. The molecule has 0 saturated heterocycles. The van der Waals surface area contributed by atoms with E-state index in [0.717, 1.165) is 22.0 Å². The van der Waals surface area contributed by atoms with Crippen molar-refractivity contribution < 1.29 is 9.53 Å². The smallest absolute Gasteiger partial charge is 0.407 e. The van der Waals surface area contributed by atoms with Gasteiger partial charge in [-0.25, -0.2) is 4.79 Å². The molecule has 0 aliphatic carbocycles. The predicted molar refractivity (Wildman–Crippen MR) is 97.9 cm³/mol. The van der Waals surface area contributed by atoms with Gasteiger partial charge in [0.15, 0.2) is 5.82 Å². The van der Waals surface area contributed by atoms with Gasteiger partial charge in [0.25, 0.3) is 0 Å². The van der Waals surface area contributed by atoms with Crippen molar-refractivity contribution in [3.8, 4) is 0 Å². The van der Waals surface area contributed by atoms with Crippen LogP contribution in [0.4, 0.5) is 4.79 Å². The summed E-state index contributed by atoms with van der Waals surface area (Å²) in [6, 6.07) is 6.24. The highest BCUT2D eigenvalue weighted by molar-refractivity contribution is 5.84. The third-order valence-corrected chi connectivity index (χ3v) is 4.10. The fourth-order valence-corrected chi connectivity index (χ4v) is 2.79. The van der Waals surface area contributed by atoms with Crippen LogP contribution < -0.4 is 5.32 Å². The molecule has 138 valence electrons.